The fourth-order valence-electron chi connectivity index (χ4n) is 0.786. The lowest BCUT2D eigenvalue weighted by molar-refractivity contribution is -0.138. The third-order valence-corrected chi connectivity index (χ3v) is 1.47. The monoisotopic (exact) mass is 202 g/mol. The van der Waals surface area contributed by atoms with Crippen molar-refractivity contribution in [2.45, 2.75) is 19.3 Å². The lowest BCUT2D eigenvalue weighted by Crippen LogP contribution is -2.27. The van der Waals surface area contributed by atoms with E-state index in [9.17, 15) is 14.4 Å². The van der Waals surface area contributed by atoms with Crippen LogP contribution in [-0.4, -0.2) is 36.5 Å². The summed E-state index contributed by atoms with van der Waals surface area (Å²) in [7, 11) is 0. The van der Waals surface area contributed by atoms with Gasteiger partial charge in [-0.05, 0) is 6.42 Å². The average molecular weight is 202 g/mol. The van der Waals surface area contributed by atoms with Crippen LogP contribution in [0, 0.1) is 0 Å². The Labute approximate surface area is 81.7 Å². The molecule has 3 N–H and O–H groups in total. The van der Waals surface area contributed by atoms with Crippen molar-refractivity contribution in [1.29, 1.82) is 0 Å². The molecule has 0 spiro atoms. The van der Waals surface area contributed by atoms with Crippen LogP contribution in [0.25, 0.3) is 0 Å². The van der Waals surface area contributed by atoms with Crippen molar-refractivity contribution in [3.8, 4) is 0 Å². The number of aliphatic carboxylic acids is 1. The van der Waals surface area contributed by atoms with Crippen LogP contribution in [0.3, 0.4) is 0 Å². The smallest absolute Gasteiger partial charge is 0.303 e. The van der Waals surface area contributed by atoms with Crippen molar-refractivity contribution in [3.05, 3.63) is 0 Å². The maximum Gasteiger partial charge on any atom is 0.303 e. The van der Waals surface area contributed by atoms with E-state index in [4.69, 9.17) is 5.11 Å². The van der Waals surface area contributed by atoms with Gasteiger partial charge in [-0.25, -0.2) is 0 Å². The van der Waals surface area contributed by atoms with Gasteiger partial charge in [0.1, 0.15) is 0 Å². The molecule has 80 valence electrons. The first-order valence-electron chi connectivity index (χ1n) is 4.32. The Kier molecular flexibility index (Phi) is 7.12. The van der Waals surface area contributed by atoms with Crippen LogP contribution in [0.15, 0.2) is 0 Å². The zero-order chi connectivity index (χ0) is 10.8. The molecule has 0 aromatic carbocycles. The van der Waals surface area contributed by atoms with Crippen molar-refractivity contribution in [2.75, 3.05) is 13.1 Å². The fourth-order valence-corrected chi connectivity index (χ4v) is 0.786. The Morgan fingerprint density at radius 2 is 1.93 bits per heavy atom. The summed E-state index contributed by atoms with van der Waals surface area (Å²) in [5, 5.41) is 13.3. The SMILES string of the molecule is O=CNCCCNC(=O)CCC(=O)O. The molecule has 0 saturated carbocycles. The molecule has 0 atom stereocenters. The molecule has 0 saturated heterocycles. The van der Waals surface area contributed by atoms with Crippen LogP contribution in [-0.2, 0) is 14.4 Å². The summed E-state index contributed by atoms with van der Waals surface area (Å²) in [5.41, 5.74) is 0. The van der Waals surface area contributed by atoms with E-state index >= 15 is 0 Å². The zero-order valence-corrected chi connectivity index (χ0v) is 7.78. The van der Waals surface area contributed by atoms with E-state index in [1.54, 1.807) is 0 Å². The minimum absolute atomic E-state index is 0.00353. The number of carboxylic acid groups (broad SMARTS) is 1. The van der Waals surface area contributed by atoms with Gasteiger partial charge in [0.05, 0.1) is 6.42 Å². The Hall–Kier alpha value is -1.59. The van der Waals surface area contributed by atoms with Crippen LogP contribution >= 0.6 is 0 Å². The molecule has 2 amide bonds. The highest BCUT2D eigenvalue weighted by Gasteiger charge is 2.03. The second-order valence-corrected chi connectivity index (χ2v) is 2.67. The van der Waals surface area contributed by atoms with Gasteiger partial charge in [0, 0.05) is 19.5 Å². The van der Waals surface area contributed by atoms with E-state index < -0.39 is 5.97 Å². The molecule has 0 fully saturated rings. The summed E-state index contributed by atoms with van der Waals surface area (Å²) in [4.78, 5) is 30.8. The highest BCUT2D eigenvalue weighted by atomic mass is 16.4. The number of carbonyl (C=O) groups excluding carboxylic acids is 2. The molecule has 0 aromatic rings. The number of carboxylic acids is 1. The number of hydrogen-bond donors (Lipinski definition) is 3. The maximum absolute atomic E-state index is 10.9. The lowest BCUT2D eigenvalue weighted by Gasteiger charge is -2.03. The molecular formula is C8H14N2O4. The minimum atomic E-state index is -0.984. The van der Waals surface area contributed by atoms with Gasteiger partial charge in [0.2, 0.25) is 12.3 Å². The third kappa shape index (κ3) is 8.51. The molecule has 0 aliphatic rings. The predicted molar refractivity (Wildman–Crippen MR) is 48.6 cm³/mol. The second kappa shape index (κ2) is 8.03. The minimum Gasteiger partial charge on any atom is -0.481 e. The molecule has 0 aromatic heterocycles. The van der Waals surface area contributed by atoms with Crippen LogP contribution in [0.2, 0.25) is 0 Å². The molecule has 0 bridgehead atoms. The number of amides is 2. The van der Waals surface area contributed by atoms with Crippen molar-refractivity contribution in [3.63, 3.8) is 0 Å². The van der Waals surface area contributed by atoms with E-state index in [1.165, 1.54) is 0 Å². The summed E-state index contributed by atoms with van der Waals surface area (Å²) in [6, 6.07) is 0. The van der Waals surface area contributed by atoms with Crippen molar-refractivity contribution >= 4 is 18.3 Å². The molecule has 0 aliphatic heterocycles. The van der Waals surface area contributed by atoms with Crippen LogP contribution in [0.4, 0.5) is 0 Å². The fraction of sp³-hybridized carbons (Fsp3) is 0.625. The predicted octanol–water partition coefficient (Wildman–Crippen LogP) is -0.896. The van der Waals surface area contributed by atoms with E-state index in [1.807, 2.05) is 0 Å². The highest BCUT2D eigenvalue weighted by molar-refractivity contribution is 5.80. The molecule has 0 heterocycles. The van der Waals surface area contributed by atoms with E-state index in [-0.39, 0.29) is 18.7 Å². The molecule has 0 rings (SSSR count). The summed E-state index contributed by atoms with van der Waals surface area (Å²) >= 11 is 0. The van der Waals surface area contributed by atoms with Gasteiger partial charge in [-0.2, -0.15) is 0 Å². The molecule has 0 aliphatic carbocycles. The third-order valence-electron chi connectivity index (χ3n) is 1.47. The number of carbonyl (C=O) groups is 3. The largest absolute Gasteiger partial charge is 0.481 e. The zero-order valence-electron chi connectivity index (χ0n) is 7.78. The maximum atomic E-state index is 10.9. The van der Waals surface area contributed by atoms with Gasteiger partial charge in [-0.15, -0.1) is 0 Å². The van der Waals surface area contributed by atoms with Gasteiger partial charge < -0.3 is 15.7 Å². The standard InChI is InChI=1S/C8H14N2O4/c11-6-9-4-1-5-10-7(12)2-3-8(13)14/h6H,1-5H2,(H,9,11)(H,10,12)(H,13,14). The quantitative estimate of drug-likeness (QED) is 0.351. The number of hydrogen-bond acceptors (Lipinski definition) is 3. The summed E-state index contributed by atoms with van der Waals surface area (Å²) in [6.45, 7) is 0.946. The van der Waals surface area contributed by atoms with Gasteiger partial charge >= 0.3 is 5.97 Å². The molecule has 0 unspecified atom stereocenters. The normalized spacial score (nSPS) is 9.14. The molecular weight excluding hydrogens is 188 g/mol. The first kappa shape index (κ1) is 12.4. The van der Waals surface area contributed by atoms with Crippen LogP contribution < -0.4 is 10.6 Å². The molecule has 6 nitrogen and oxygen atoms in total. The molecule has 14 heavy (non-hydrogen) atoms. The van der Waals surface area contributed by atoms with Gasteiger partial charge in [0.15, 0.2) is 0 Å². The lowest BCUT2D eigenvalue weighted by atomic mass is 10.3. The van der Waals surface area contributed by atoms with Crippen LogP contribution in [0.5, 0.6) is 0 Å². The van der Waals surface area contributed by atoms with Crippen molar-refractivity contribution < 1.29 is 19.5 Å². The average Bonchev–Trinajstić information content (AvgIpc) is 2.14. The first-order chi connectivity index (χ1) is 6.66. The second-order valence-electron chi connectivity index (χ2n) is 2.67. The Morgan fingerprint density at radius 1 is 1.21 bits per heavy atom. The topological polar surface area (TPSA) is 95.5 Å². The van der Waals surface area contributed by atoms with E-state index in [0.29, 0.717) is 25.9 Å². The summed E-state index contributed by atoms with van der Waals surface area (Å²) in [6.07, 6.45) is 1.07. The van der Waals surface area contributed by atoms with Gasteiger partial charge in [0.25, 0.3) is 0 Å². The first-order valence-corrected chi connectivity index (χ1v) is 4.32. The van der Waals surface area contributed by atoms with Gasteiger partial charge in [-0.3, -0.25) is 14.4 Å². The van der Waals surface area contributed by atoms with Crippen molar-refractivity contribution in [2.24, 2.45) is 0 Å². The number of rotatable bonds is 8. The molecule has 6 heteroatoms. The Balaban J connectivity index is 3.26. The van der Waals surface area contributed by atoms with Gasteiger partial charge in [-0.1, -0.05) is 0 Å². The Morgan fingerprint density at radius 3 is 2.50 bits per heavy atom. The summed E-state index contributed by atoms with van der Waals surface area (Å²) in [5.74, 6) is -1.26. The number of nitrogens with one attached hydrogen (secondary N) is 2. The van der Waals surface area contributed by atoms with E-state index in [0.717, 1.165) is 0 Å². The molecule has 0 radical (unpaired) electrons. The highest BCUT2D eigenvalue weighted by Crippen LogP contribution is 1.88. The van der Waals surface area contributed by atoms with E-state index in [2.05, 4.69) is 10.6 Å². The van der Waals surface area contributed by atoms with Crippen molar-refractivity contribution in [1.82, 2.24) is 10.6 Å². The Bertz CT molecular complexity index is 206. The van der Waals surface area contributed by atoms with Crippen LogP contribution in [0.1, 0.15) is 19.3 Å². The summed E-state index contributed by atoms with van der Waals surface area (Å²) < 4.78 is 0.